The molecule has 0 saturated heterocycles. The van der Waals surface area contributed by atoms with Gasteiger partial charge >= 0.3 is 0 Å². The van der Waals surface area contributed by atoms with Crippen LogP contribution in [0.15, 0.2) is 60.8 Å². The van der Waals surface area contributed by atoms with Gasteiger partial charge < -0.3 is 5.73 Å². The number of unbranched alkanes of at least 4 members (excludes halogenated alkanes) is 5. The summed E-state index contributed by atoms with van der Waals surface area (Å²) in [6.45, 7) is 7.08. The third-order valence-electron chi connectivity index (χ3n) is 3.34. The average Bonchev–Trinajstić information content (AvgIpc) is 2.52. The molecule has 0 aliphatic carbocycles. The number of allylic oxidation sites excluding steroid dienone is 9. The molecule has 22 heavy (non-hydrogen) atoms. The molecule has 1 nitrogen and oxygen atoms in total. The Balaban J connectivity index is 3.59. The molecule has 0 radical (unpaired) electrons. The molecule has 0 bridgehead atoms. The van der Waals surface area contributed by atoms with E-state index in [-0.39, 0.29) is 0 Å². The van der Waals surface area contributed by atoms with E-state index in [0.717, 1.165) is 44.2 Å². The average molecular weight is 302 g/mol. The fourth-order valence-electron chi connectivity index (χ4n) is 1.99. The Bertz CT molecular complexity index is 358. The minimum absolute atomic E-state index is 0.805. The second-order valence-electron chi connectivity index (χ2n) is 5.57. The van der Waals surface area contributed by atoms with E-state index >= 15 is 0 Å². The van der Waals surface area contributed by atoms with Gasteiger partial charge in [-0.1, -0.05) is 75.0 Å². The maximum absolute atomic E-state index is 5.45. The number of rotatable bonds is 14. The number of hydrogen-bond donors (Lipinski definition) is 1. The highest BCUT2D eigenvalue weighted by Crippen LogP contribution is 2.03. The van der Waals surface area contributed by atoms with Crippen molar-refractivity contribution in [3.8, 4) is 0 Å². The fourth-order valence-corrected chi connectivity index (χ4v) is 1.99. The van der Waals surface area contributed by atoms with Gasteiger partial charge in [-0.3, -0.25) is 0 Å². The van der Waals surface area contributed by atoms with Crippen molar-refractivity contribution in [1.29, 1.82) is 0 Å². The van der Waals surface area contributed by atoms with Crippen molar-refractivity contribution in [2.24, 2.45) is 5.73 Å². The summed E-state index contributed by atoms with van der Waals surface area (Å²) >= 11 is 0. The second-order valence-corrected chi connectivity index (χ2v) is 5.57. The Morgan fingerprint density at radius 2 is 1.36 bits per heavy atom. The van der Waals surface area contributed by atoms with Crippen LogP contribution in [0.25, 0.3) is 0 Å². The molecular weight excluding hydrogens is 266 g/mol. The predicted molar refractivity (Wildman–Crippen MR) is 102 cm³/mol. The normalized spacial score (nSPS) is 12.5. The highest BCUT2D eigenvalue weighted by Gasteiger charge is 1.83. The van der Waals surface area contributed by atoms with Crippen LogP contribution in [0.2, 0.25) is 0 Å². The van der Waals surface area contributed by atoms with Gasteiger partial charge in [-0.25, -0.2) is 0 Å². The van der Waals surface area contributed by atoms with Crippen molar-refractivity contribution in [3.63, 3.8) is 0 Å². The lowest BCUT2D eigenvalue weighted by Crippen LogP contribution is -1.96. The molecule has 0 spiro atoms. The smallest absolute Gasteiger partial charge is 0.00772 e. The van der Waals surface area contributed by atoms with Crippen LogP contribution in [0.3, 0.4) is 0 Å². The SMILES string of the molecule is C=C(/C=C\C/C=C\C/C=C\CCCCN)/C=C\CCCCC. The topological polar surface area (TPSA) is 26.0 Å². The molecule has 0 aromatic rings. The van der Waals surface area contributed by atoms with Crippen molar-refractivity contribution in [2.75, 3.05) is 6.54 Å². The third-order valence-corrected chi connectivity index (χ3v) is 3.34. The van der Waals surface area contributed by atoms with Crippen molar-refractivity contribution >= 4 is 0 Å². The van der Waals surface area contributed by atoms with Gasteiger partial charge in [0, 0.05) is 0 Å². The summed E-state index contributed by atoms with van der Waals surface area (Å²) in [7, 11) is 0. The molecule has 0 rings (SSSR count). The Morgan fingerprint density at radius 1 is 0.773 bits per heavy atom. The minimum atomic E-state index is 0.805. The Hall–Kier alpha value is -1.34. The van der Waals surface area contributed by atoms with E-state index in [0.29, 0.717) is 0 Å². The zero-order valence-electron chi connectivity index (χ0n) is 14.5. The summed E-state index contributed by atoms with van der Waals surface area (Å²) in [5, 5.41) is 0. The zero-order valence-corrected chi connectivity index (χ0v) is 14.5. The van der Waals surface area contributed by atoms with Crippen LogP contribution in [0.1, 0.15) is 64.7 Å². The molecule has 0 saturated carbocycles. The molecule has 0 fully saturated rings. The van der Waals surface area contributed by atoms with Crippen molar-refractivity contribution in [3.05, 3.63) is 60.8 Å². The molecule has 0 atom stereocenters. The summed E-state index contributed by atoms with van der Waals surface area (Å²) < 4.78 is 0. The van der Waals surface area contributed by atoms with Gasteiger partial charge in [0.05, 0.1) is 0 Å². The van der Waals surface area contributed by atoms with Crippen molar-refractivity contribution < 1.29 is 0 Å². The van der Waals surface area contributed by atoms with Gasteiger partial charge in [-0.15, -0.1) is 0 Å². The molecule has 0 amide bonds. The minimum Gasteiger partial charge on any atom is -0.330 e. The highest BCUT2D eigenvalue weighted by molar-refractivity contribution is 5.27. The maximum atomic E-state index is 5.45. The van der Waals surface area contributed by atoms with Gasteiger partial charge in [0.15, 0.2) is 0 Å². The van der Waals surface area contributed by atoms with Gasteiger partial charge in [-0.2, -0.15) is 0 Å². The lowest BCUT2D eigenvalue weighted by atomic mass is 10.1. The quantitative estimate of drug-likeness (QED) is 0.229. The number of nitrogens with two attached hydrogens (primary N) is 1. The first kappa shape index (κ1) is 20.7. The molecule has 2 N–H and O–H groups in total. The largest absolute Gasteiger partial charge is 0.330 e. The van der Waals surface area contributed by atoms with Crippen LogP contribution in [0.4, 0.5) is 0 Å². The monoisotopic (exact) mass is 301 g/mol. The molecule has 0 aliphatic rings. The van der Waals surface area contributed by atoms with E-state index in [2.05, 4.69) is 62.1 Å². The Labute approximate surface area is 138 Å². The molecule has 0 aliphatic heterocycles. The van der Waals surface area contributed by atoms with Gasteiger partial charge in [0.25, 0.3) is 0 Å². The third kappa shape index (κ3) is 16.7. The van der Waals surface area contributed by atoms with E-state index in [1.54, 1.807) is 0 Å². The lowest BCUT2D eigenvalue weighted by Gasteiger charge is -1.92. The zero-order chi connectivity index (χ0) is 16.3. The molecule has 124 valence electrons. The van der Waals surface area contributed by atoms with E-state index in [1.165, 1.54) is 25.7 Å². The Kier molecular flexibility index (Phi) is 16.6. The van der Waals surface area contributed by atoms with Crippen LogP contribution in [-0.4, -0.2) is 6.54 Å². The van der Waals surface area contributed by atoms with Crippen molar-refractivity contribution in [2.45, 2.75) is 64.7 Å². The van der Waals surface area contributed by atoms with E-state index in [9.17, 15) is 0 Å². The molecule has 0 heterocycles. The van der Waals surface area contributed by atoms with Crippen LogP contribution in [-0.2, 0) is 0 Å². The van der Waals surface area contributed by atoms with Gasteiger partial charge in [-0.05, 0) is 57.1 Å². The fraction of sp³-hybridized carbons (Fsp3) is 0.524. The first-order valence-corrected chi connectivity index (χ1v) is 8.83. The summed E-state index contributed by atoms with van der Waals surface area (Å²) in [4.78, 5) is 0. The summed E-state index contributed by atoms with van der Waals surface area (Å²) in [5.41, 5.74) is 6.54. The standard InChI is InChI=1S/C21H35N/c1-3-4-5-12-15-18-21(2)19-16-13-10-8-6-7-9-11-14-17-20-22/h7-10,15-16,18-19H,2-6,11-14,17,20,22H2,1H3/b9-7-,10-8-,18-15-,19-16-. The molecule has 0 aromatic heterocycles. The molecule has 1 heteroatoms. The van der Waals surface area contributed by atoms with E-state index < -0.39 is 0 Å². The van der Waals surface area contributed by atoms with Crippen LogP contribution in [0, 0.1) is 0 Å². The summed E-state index contributed by atoms with van der Waals surface area (Å²) in [5.74, 6) is 0. The summed E-state index contributed by atoms with van der Waals surface area (Å²) in [6, 6.07) is 0. The predicted octanol–water partition coefficient (Wildman–Crippen LogP) is 6.26. The van der Waals surface area contributed by atoms with Crippen LogP contribution >= 0.6 is 0 Å². The molecule has 0 unspecified atom stereocenters. The second kappa shape index (κ2) is 17.7. The Morgan fingerprint density at radius 3 is 2.09 bits per heavy atom. The summed E-state index contributed by atoms with van der Waals surface area (Å²) in [6.07, 6.45) is 28.1. The lowest BCUT2D eigenvalue weighted by molar-refractivity contribution is 0.729. The van der Waals surface area contributed by atoms with Crippen molar-refractivity contribution in [1.82, 2.24) is 0 Å². The van der Waals surface area contributed by atoms with Crippen LogP contribution < -0.4 is 5.73 Å². The molecular formula is C21H35N. The maximum Gasteiger partial charge on any atom is -0.00772 e. The molecule has 0 aromatic carbocycles. The first-order valence-electron chi connectivity index (χ1n) is 8.83. The number of hydrogen-bond acceptors (Lipinski definition) is 1. The van der Waals surface area contributed by atoms with Gasteiger partial charge in [0.1, 0.15) is 0 Å². The van der Waals surface area contributed by atoms with Gasteiger partial charge in [0.2, 0.25) is 0 Å². The van der Waals surface area contributed by atoms with E-state index in [1.807, 2.05) is 0 Å². The van der Waals surface area contributed by atoms with E-state index in [4.69, 9.17) is 5.73 Å². The van der Waals surface area contributed by atoms with Crippen LogP contribution in [0.5, 0.6) is 0 Å². The highest BCUT2D eigenvalue weighted by atomic mass is 14.5. The first-order chi connectivity index (χ1) is 10.8.